The van der Waals surface area contributed by atoms with Crippen molar-refractivity contribution in [2.45, 2.75) is 27.3 Å². The van der Waals surface area contributed by atoms with Gasteiger partial charge in [0.25, 0.3) is 0 Å². The molecule has 0 aliphatic rings. The number of carbonyl (C=O) groups excluding carboxylic acids is 1. The Labute approximate surface area is 136 Å². The summed E-state index contributed by atoms with van der Waals surface area (Å²) in [5.74, 6) is 0.648. The van der Waals surface area contributed by atoms with Gasteiger partial charge in [0.2, 0.25) is 5.91 Å². The number of rotatable bonds is 8. The van der Waals surface area contributed by atoms with Crippen molar-refractivity contribution in [2.75, 3.05) is 31.6 Å². The first kappa shape index (κ1) is 18.0. The van der Waals surface area contributed by atoms with Gasteiger partial charge in [0.1, 0.15) is 0 Å². The number of carbonyl (C=O) groups is 1. The monoisotopic (exact) mass is 355 g/mol. The number of halogens is 1. The van der Waals surface area contributed by atoms with Gasteiger partial charge in [-0.25, -0.2) is 0 Å². The van der Waals surface area contributed by atoms with Crippen molar-refractivity contribution in [2.24, 2.45) is 5.92 Å². The topological polar surface area (TPSA) is 44.4 Å². The van der Waals surface area contributed by atoms with E-state index in [0.29, 0.717) is 12.5 Å². The first-order valence-electron chi connectivity index (χ1n) is 7.42. The van der Waals surface area contributed by atoms with E-state index < -0.39 is 0 Å². The van der Waals surface area contributed by atoms with E-state index in [9.17, 15) is 4.79 Å². The number of likely N-dealkylation sites (N-methyl/N-ethyl adjacent to an activating group) is 2. The molecule has 1 aromatic rings. The lowest BCUT2D eigenvalue weighted by molar-refractivity contribution is -0.119. The van der Waals surface area contributed by atoms with Crippen LogP contribution in [0, 0.1) is 5.92 Å². The average molecular weight is 356 g/mol. The lowest BCUT2D eigenvalue weighted by atomic mass is 10.1. The first-order chi connectivity index (χ1) is 9.97. The van der Waals surface area contributed by atoms with E-state index >= 15 is 0 Å². The van der Waals surface area contributed by atoms with Gasteiger partial charge in [0.05, 0.1) is 6.54 Å². The Morgan fingerprint density at radius 1 is 1.38 bits per heavy atom. The van der Waals surface area contributed by atoms with Gasteiger partial charge in [0.15, 0.2) is 0 Å². The minimum absolute atomic E-state index is 0.0286. The van der Waals surface area contributed by atoms with Gasteiger partial charge in [0, 0.05) is 30.3 Å². The number of hydrogen-bond acceptors (Lipinski definition) is 3. The molecule has 1 rings (SSSR count). The summed E-state index contributed by atoms with van der Waals surface area (Å²) >= 11 is 3.53. The number of amides is 1. The third kappa shape index (κ3) is 6.06. The fourth-order valence-electron chi connectivity index (χ4n) is 2.12. The Hall–Kier alpha value is -1.07. The molecule has 0 radical (unpaired) electrons. The Morgan fingerprint density at radius 2 is 2.10 bits per heavy atom. The van der Waals surface area contributed by atoms with Gasteiger partial charge in [-0.05, 0) is 43.1 Å². The SMILES string of the molecule is CCN(CC(=O)NC)c1ccc(Br)cc1CNCC(C)C. The van der Waals surface area contributed by atoms with Crippen LogP contribution in [0.3, 0.4) is 0 Å². The molecule has 21 heavy (non-hydrogen) atoms. The lowest BCUT2D eigenvalue weighted by Crippen LogP contribution is -2.36. The molecule has 0 fully saturated rings. The van der Waals surface area contributed by atoms with E-state index in [1.807, 2.05) is 6.07 Å². The normalized spacial score (nSPS) is 10.8. The van der Waals surface area contributed by atoms with Crippen molar-refractivity contribution in [3.8, 4) is 0 Å². The quantitative estimate of drug-likeness (QED) is 0.753. The van der Waals surface area contributed by atoms with Gasteiger partial charge >= 0.3 is 0 Å². The zero-order valence-electron chi connectivity index (χ0n) is 13.4. The van der Waals surface area contributed by atoms with Crippen LogP contribution in [0.15, 0.2) is 22.7 Å². The molecular weight excluding hydrogens is 330 g/mol. The number of nitrogens with zero attached hydrogens (tertiary/aromatic N) is 1. The molecule has 0 saturated carbocycles. The second-order valence-electron chi connectivity index (χ2n) is 5.49. The molecule has 1 aromatic carbocycles. The third-order valence-corrected chi connectivity index (χ3v) is 3.74. The van der Waals surface area contributed by atoms with E-state index in [0.717, 1.165) is 29.8 Å². The van der Waals surface area contributed by atoms with Gasteiger partial charge in [-0.3, -0.25) is 4.79 Å². The Morgan fingerprint density at radius 3 is 2.67 bits per heavy atom. The first-order valence-corrected chi connectivity index (χ1v) is 8.21. The van der Waals surface area contributed by atoms with Crippen LogP contribution in [0.25, 0.3) is 0 Å². The van der Waals surface area contributed by atoms with E-state index in [1.165, 1.54) is 5.56 Å². The van der Waals surface area contributed by atoms with E-state index in [4.69, 9.17) is 0 Å². The van der Waals surface area contributed by atoms with Crippen molar-refractivity contribution >= 4 is 27.5 Å². The molecule has 2 N–H and O–H groups in total. The third-order valence-electron chi connectivity index (χ3n) is 3.25. The number of nitrogens with one attached hydrogen (secondary N) is 2. The highest BCUT2D eigenvalue weighted by Gasteiger charge is 2.13. The van der Waals surface area contributed by atoms with Crippen LogP contribution in [0.5, 0.6) is 0 Å². The zero-order chi connectivity index (χ0) is 15.8. The smallest absolute Gasteiger partial charge is 0.239 e. The standard InChI is InChI=1S/C16H26BrN3O/c1-5-20(11-16(21)18-4)15-7-6-14(17)8-13(15)10-19-9-12(2)3/h6-8,12,19H,5,9-11H2,1-4H3,(H,18,21). The van der Waals surface area contributed by atoms with Crippen molar-refractivity contribution in [1.82, 2.24) is 10.6 Å². The van der Waals surface area contributed by atoms with Crippen LogP contribution in [-0.2, 0) is 11.3 Å². The number of anilines is 1. The molecule has 0 aromatic heterocycles. The van der Waals surface area contributed by atoms with Crippen molar-refractivity contribution < 1.29 is 4.79 Å². The summed E-state index contributed by atoms with van der Waals surface area (Å²) < 4.78 is 1.06. The summed E-state index contributed by atoms with van der Waals surface area (Å²) in [6, 6.07) is 6.21. The molecule has 0 aliphatic heterocycles. The molecule has 118 valence electrons. The molecular formula is C16H26BrN3O. The van der Waals surface area contributed by atoms with Crippen molar-refractivity contribution in [1.29, 1.82) is 0 Å². The van der Waals surface area contributed by atoms with Gasteiger partial charge in [-0.2, -0.15) is 0 Å². The molecule has 0 bridgehead atoms. The molecule has 0 unspecified atom stereocenters. The van der Waals surface area contributed by atoms with Crippen molar-refractivity contribution in [3.63, 3.8) is 0 Å². The molecule has 0 heterocycles. The van der Waals surface area contributed by atoms with Crippen LogP contribution in [-0.4, -0.2) is 32.6 Å². The average Bonchev–Trinajstić information content (AvgIpc) is 2.44. The molecule has 0 atom stereocenters. The number of benzene rings is 1. The minimum Gasteiger partial charge on any atom is -0.362 e. The predicted octanol–water partition coefficient (Wildman–Crippen LogP) is 2.77. The summed E-state index contributed by atoms with van der Waals surface area (Å²) in [6.45, 7) is 9.41. The molecule has 0 spiro atoms. The van der Waals surface area contributed by atoms with Crippen LogP contribution in [0.4, 0.5) is 5.69 Å². The van der Waals surface area contributed by atoms with Crippen LogP contribution in [0.1, 0.15) is 26.3 Å². The summed E-state index contributed by atoms with van der Waals surface area (Å²) in [6.07, 6.45) is 0. The Bertz CT molecular complexity index is 463. The summed E-state index contributed by atoms with van der Waals surface area (Å²) in [4.78, 5) is 13.8. The highest BCUT2D eigenvalue weighted by molar-refractivity contribution is 9.10. The molecule has 0 saturated heterocycles. The maximum Gasteiger partial charge on any atom is 0.239 e. The van der Waals surface area contributed by atoms with Gasteiger partial charge < -0.3 is 15.5 Å². The minimum atomic E-state index is 0.0286. The fraction of sp³-hybridized carbons (Fsp3) is 0.562. The maximum absolute atomic E-state index is 11.7. The summed E-state index contributed by atoms with van der Waals surface area (Å²) in [5, 5.41) is 6.15. The van der Waals surface area contributed by atoms with Crippen LogP contribution < -0.4 is 15.5 Å². The maximum atomic E-state index is 11.7. The largest absolute Gasteiger partial charge is 0.362 e. The highest BCUT2D eigenvalue weighted by Crippen LogP contribution is 2.24. The zero-order valence-corrected chi connectivity index (χ0v) is 15.0. The summed E-state index contributed by atoms with van der Waals surface area (Å²) in [7, 11) is 1.67. The molecule has 5 heteroatoms. The predicted molar refractivity (Wildman–Crippen MR) is 92.6 cm³/mol. The van der Waals surface area contributed by atoms with E-state index in [-0.39, 0.29) is 5.91 Å². The van der Waals surface area contributed by atoms with Gasteiger partial charge in [-0.15, -0.1) is 0 Å². The second-order valence-corrected chi connectivity index (χ2v) is 6.40. The Kier molecular flexibility index (Phi) is 7.75. The van der Waals surface area contributed by atoms with Crippen molar-refractivity contribution in [3.05, 3.63) is 28.2 Å². The van der Waals surface area contributed by atoms with Crippen LogP contribution in [0.2, 0.25) is 0 Å². The highest BCUT2D eigenvalue weighted by atomic mass is 79.9. The molecule has 0 aliphatic carbocycles. The van der Waals surface area contributed by atoms with E-state index in [2.05, 4.69) is 64.4 Å². The molecule has 1 amide bonds. The lowest BCUT2D eigenvalue weighted by Gasteiger charge is -2.25. The van der Waals surface area contributed by atoms with Crippen LogP contribution >= 0.6 is 15.9 Å². The second kappa shape index (κ2) is 9.05. The molecule has 4 nitrogen and oxygen atoms in total. The number of hydrogen-bond donors (Lipinski definition) is 2. The Balaban J connectivity index is 2.90. The fourth-order valence-corrected chi connectivity index (χ4v) is 2.53. The summed E-state index contributed by atoms with van der Waals surface area (Å²) in [5.41, 5.74) is 2.32. The van der Waals surface area contributed by atoms with E-state index in [1.54, 1.807) is 7.05 Å². The van der Waals surface area contributed by atoms with Gasteiger partial charge in [-0.1, -0.05) is 29.8 Å².